The van der Waals surface area contributed by atoms with Gasteiger partial charge in [0.25, 0.3) is 11.8 Å². The van der Waals surface area contributed by atoms with E-state index in [4.69, 9.17) is 4.42 Å². The molecule has 142 valence electrons. The quantitative estimate of drug-likeness (QED) is 0.648. The first-order valence-corrected chi connectivity index (χ1v) is 9.86. The largest absolute Gasteiger partial charge is 0.444 e. The normalized spacial score (nSPS) is 15.4. The van der Waals surface area contributed by atoms with Crippen molar-refractivity contribution in [2.45, 2.75) is 25.9 Å². The van der Waals surface area contributed by atoms with Gasteiger partial charge in [-0.05, 0) is 70.7 Å². The molecule has 1 aromatic heterocycles. The van der Waals surface area contributed by atoms with Crippen molar-refractivity contribution in [1.82, 2.24) is 5.32 Å². The van der Waals surface area contributed by atoms with Crippen molar-refractivity contribution in [3.8, 4) is 0 Å². The van der Waals surface area contributed by atoms with Gasteiger partial charge in [0.2, 0.25) is 0 Å². The van der Waals surface area contributed by atoms with Crippen LogP contribution in [0.3, 0.4) is 0 Å². The Balaban J connectivity index is 1.53. The van der Waals surface area contributed by atoms with Crippen LogP contribution in [0.15, 0.2) is 69.8 Å². The van der Waals surface area contributed by atoms with Crippen LogP contribution < -0.4 is 10.2 Å². The van der Waals surface area contributed by atoms with Crippen LogP contribution in [0.5, 0.6) is 0 Å². The molecular weight excluding hydrogens is 420 g/mol. The average molecular weight is 439 g/mol. The Morgan fingerprint density at radius 3 is 2.64 bits per heavy atom. The summed E-state index contributed by atoms with van der Waals surface area (Å²) in [6.45, 7) is 2.41. The number of anilines is 1. The molecule has 1 atom stereocenters. The van der Waals surface area contributed by atoms with E-state index in [1.807, 2.05) is 53.4 Å². The predicted molar refractivity (Wildman–Crippen MR) is 110 cm³/mol. The fourth-order valence-corrected chi connectivity index (χ4v) is 3.80. The van der Waals surface area contributed by atoms with E-state index in [0.717, 1.165) is 23.2 Å². The Hall–Kier alpha value is -2.86. The number of rotatable bonds is 4. The number of benzene rings is 2. The van der Waals surface area contributed by atoms with Crippen LogP contribution in [0.1, 0.15) is 39.0 Å². The number of halogens is 1. The van der Waals surface area contributed by atoms with Gasteiger partial charge in [0.15, 0.2) is 10.4 Å². The average Bonchev–Trinajstić information content (AvgIpc) is 3.28. The molecule has 0 fully saturated rings. The summed E-state index contributed by atoms with van der Waals surface area (Å²) in [6.07, 6.45) is 0.820. The molecule has 0 bridgehead atoms. The highest BCUT2D eigenvalue weighted by molar-refractivity contribution is 9.10. The molecule has 0 aliphatic carbocycles. The van der Waals surface area contributed by atoms with Crippen LogP contribution in [-0.4, -0.2) is 17.9 Å². The molecule has 28 heavy (non-hydrogen) atoms. The highest BCUT2D eigenvalue weighted by Crippen LogP contribution is 2.34. The summed E-state index contributed by atoms with van der Waals surface area (Å²) < 4.78 is 5.78. The number of nitrogens with zero attached hydrogens (tertiary/aromatic N) is 1. The Kier molecular flexibility index (Phi) is 5.05. The van der Waals surface area contributed by atoms with Crippen molar-refractivity contribution >= 4 is 33.4 Å². The van der Waals surface area contributed by atoms with Gasteiger partial charge in [-0.15, -0.1) is 0 Å². The number of carbonyl (C=O) groups is 2. The van der Waals surface area contributed by atoms with Crippen LogP contribution >= 0.6 is 15.9 Å². The lowest BCUT2D eigenvalue weighted by Crippen LogP contribution is -2.35. The van der Waals surface area contributed by atoms with Gasteiger partial charge in [-0.2, -0.15) is 0 Å². The SMILES string of the molecule is CC1Cc2ccc(CNC(=O)c3ccc(Br)o3)cc2N1C(=O)c1ccccc1. The van der Waals surface area contributed by atoms with Crippen molar-refractivity contribution in [2.24, 2.45) is 0 Å². The van der Waals surface area contributed by atoms with E-state index >= 15 is 0 Å². The minimum atomic E-state index is -0.281. The number of furan rings is 1. The Morgan fingerprint density at radius 1 is 1.14 bits per heavy atom. The number of amides is 2. The zero-order valence-corrected chi connectivity index (χ0v) is 16.9. The highest BCUT2D eigenvalue weighted by atomic mass is 79.9. The summed E-state index contributed by atoms with van der Waals surface area (Å²) in [5.41, 5.74) is 3.65. The molecule has 0 saturated carbocycles. The van der Waals surface area contributed by atoms with Gasteiger partial charge >= 0.3 is 0 Å². The maximum absolute atomic E-state index is 13.0. The molecule has 1 aliphatic heterocycles. The molecule has 1 aliphatic rings. The summed E-state index contributed by atoms with van der Waals surface area (Å²) in [6, 6.07) is 18.7. The lowest BCUT2D eigenvalue weighted by molar-refractivity contribution is 0.0920. The monoisotopic (exact) mass is 438 g/mol. The van der Waals surface area contributed by atoms with Gasteiger partial charge in [-0.1, -0.05) is 30.3 Å². The van der Waals surface area contributed by atoms with E-state index in [0.29, 0.717) is 16.8 Å². The smallest absolute Gasteiger partial charge is 0.287 e. The molecule has 1 unspecified atom stereocenters. The highest BCUT2D eigenvalue weighted by Gasteiger charge is 2.31. The van der Waals surface area contributed by atoms with Crippen molar-refractivity contribution in [3.05, 3.63) is 87.8 Å². The predicted octanol–water partition coefficient (Wildman–Crippen LogP) is 4.56. The molecule has 3 aromatic rings. The van der Waals surface area contributed by atoms with Crippen LogP contribution in [0.4, 0.5) is 5.69 Å². The molecule has 6 heteroatoms. The minimum absolute atomic E-state index is 0.00605. The summed E-state index contributed by atoms with van der Waals surface area (Å²) in [5, 5.41) is 2.85. The third-order valence-electron chi connectivity index (χ3n) is 4.85. The molecule has 2 aromatic carbocycles. The van der Waals surface area contributed by atoms with E-state index in [1.54, 1.807) is 12.1 Å². The van der Waals surface area contributed by atoms with Crippen molar-refractivity contribution in [3.63, 3.8) is 0 Å². The zero-order chi connectivity index (χ0) is 19.7. The molecule has 0 spiro atoms. The van der Waals surface area contributed by atoms with Gasteiger partial charge < -0.3 is 14.6 Å². The van der Waals surface area contributed by atoms with Gasteiger partial charge in [-0.3, -0.25) is 9.59 Å². The topological polar surface area (TPSA) is 62.6 Å². The van der Waals surface area contributed by atoms with Crippen molar-refractivity contribution < 1.29 is 14.0 Å². The molecular formula is C22H19BrN2O3. The molecule has 5 nitrogen and oxygen atoms in total. The number of hydrogen-bond donors (Lipinski definition) is 1. The van der Waals surface area contributed by atoms with Gasteiger partial charge in [0.05, 0.1) is 0 Å². The van der Waals surface area contributed by atoms with Gasteiger partial charge in [0, 0.05) is 23.8 Å². The third kappa shape index (κ3) is 3.60. The maximum Gasteiger partial charge on any atom is 0.287 e. The molecule has 1 N–H and O–H groups in total. The fraction of sp³-hybridized carbons (Fsp3) is 0.182. The molecule has 2 heterocycles. The summed E-state index contributed by atoms with van der Waals surface area (Å²) >= 11 is 3.19. The molecule has 4 rings (SSSR count). The minimum Gasteiger partial charge on any atom is -0.444 e. The van der Waals surface area contributed by atoms with E-state index < -0.39 is 0 Å². The van der Waals surface area contributed by atoms with Crippen LogP contribution in [0.2, 0.25) is 0 Å². The lowest BCUT2D eigenvalue weighted by atomic mass is 10.1. The number of carbonyl (C=O) groups excluding carboxylic acids is 2. The van der Waals surface area contributed by atoms with Gasteiger partial charge in [0.1, 0.15) is 0 Å². The van der Waals surface area contributed by atoms with E-state index in [2.05, 4.69) is 28.2 Å². The maximum atomic E-state index is 13.0. The zero-order valence-electron chi connectivity index (χ0n) is 15.3. The van der Waals surface area contributed by atoms with Crippen molar-refractivity contribution in [1.29, 1.82) is 0 Å². The third-order valence-corrected chi connectivity index (χ3v) is 5.28. The second-order valence-corrected chi connectivity index (χ2v) is 7.63. The molecule has 0 saturated heterocycles. The first-order chi connectivity index (χ1) is 13.5. The lowest BCUT2D eigenvalue weighted by Gasteiger charge is -2.23. The summed E-state index contributed by atoms with van der Waals surface area (Å²) in [7, 11) is 0. The van der Waals surface area contributed by atoms with Crippen LogP contribution in [0.25, 0.3) is 0 Å². The molecule has 2 amide bonds. The Labute approximate surface area is 171 Å². The summed E-state index contributed by atoms with van der Waals surface area (Å²) in [5.74, 6) is -0.0344. The second kappa shape index (κ2) is 7.64. The number of nitrogens with one attached hydrogen (secondary N) is 1. The second-order valence-electron chi connectivity index (χ2n) is 6.84. The fourth-order valence-electron chi connectivity index (χ4n) is 3.50. The first kappa shape index (κ1) is 18.5. The standard InChI is InChI=1S/C22H19BrN2O3/c1-14-11-17-8-7-15(13-24-21(26)19-9-10-20(23)28-19)12-18(17)25(14)22(27)16-5-3-2-4-6-16/h2-10,12,14H,11,13H2,1H3,(H,24,26). The molecule has 0 radical (unpaired) electrons. The number of fused-ring (bicyclic) bond motifs is 1. The van der Waals surface area contributed by atoms with E-state index in [9.17, 15) is 9.59 Å². The van der Waals surface area contributed by atoms with Crippen LogP contribution in [-0.2, 0) is 13.0 Å². The van der Waals surface area contributed by atoms with Crippen molar-refractivity contribution in [2.75, 3.05) is 4.90 Å². The van der Waals surface area contributed by atoms with E-state index in [-0.39, 0.29) is 23.6 Å². The Morgan fingerprint density at radius 2 is 1.93 bits per heavy atom. The van der Waals surface area contributed by atoms with E-state index in [1.165, 1.54) is 0 Å². The van der Waals surface area contributed by atoms with Gasteiger partial charge in [-0.25, -0.2) is 0 Å². The summed E-state index contributed by atoms with van der Waals surface area (Å²) in [4.78, 5) is 27.1. The first-order valence-electron chi connectivity index (χ1n) is 9.07. The Bertz CT molecular complexity index is 1030. The van der Waals surface area contributed by atoms with Crippen LogP contribution in [0, 0.1) is 0 Å². The number of hydrogen-bond acceptors (Lipinski definition) is 3.